The third kappa shape index (κ3) is 4.68. The van der Waals surface area contributed by atoms with E-state index in [0.29, 0.717) is 0 Å². The van der Waals surface area contributed by atoms with Crippen LogP contribution in [0.4, 0.5) is 27.6 Å². The van der Waals surface area contributed by atoms with E-state index >= 15 is 0 Å². The zero-order valence-electron chi connectivity index (χ0n) is 18.3. The number of carbonyl (C=O) groups excluding carboxylic acids is 1. The number of hydrogen-bond donors (Lipinski definition) is 3. The SMILES string of the molecule is COc1nc(C(F)F)ccc1[C@@H]1C(C(=O)Nc2ccc(C(N)O)nc2)O[C@](C)(C(F)(F)F)[C@@H]1C. The maximum absolute atomic E-state index is 14.0. The van der Waals surface area contributed by atoms with Gasteiger partial charge in [0.2, 0.25) is 5.88 Å². The van der Waals surface area contributed by atoms with Crippen LogP contribution in [0.1, 0.15) is 49.4 Å². The van der Waals surface area contributed by atoms with Crippen molar-refractivity contribution < 1.29 is 41.3 Å². The van der Waals surface area contributed by atoms with E-state index in [2.05, 4.69) is 15.3 Å². The number of aliphatic hydroxyl groups is 1. The van der Waals surface area contributed by atoms with Crippen LogP contribution in [0.25, 0.3) is 0 Å². The summed E-state index contributed by atoms with van der Waals surface area (Å²) in [4.78, 5) is 20.6. The zero-order chi connectivity index (χ0) is 25.4. The molecule has 4 N–H and O–H groups in total. The first-order valence-electron chi connectivity index (χ1n) is 10.1. The molecule has 0 radical (unpaired) electrons. The van der Waals surface area contributed by atoms with Crippen LogP contribution in [0.5, 0.6) is 5.88 Å². The van der Waals surface area contributed by atoms with E-state index in [0.717, 1.165) is 20.1 Å². The van der Waals surface area contributed by atoms with Crippen molar-refractivity contribution in [3.8, 4) is 5.88 Å². The Morgan fingerprint density at radius 3 is 2.41 bits per heavy atom. The van der Waals surface area contributed by atoms with Crippen molar-refractivity contribution in [3.63, 3.8) is 0 Å². The standard InChI is InChI=1S/C21H23F5N4O4/c1-9-14(11-5-7-12(16(22)23)30-19(11)33-3)15(34-20(9,2)21(24,25)26)18(32)29-10-4-6-13(17(27)31)28-8-10/h4-9,14-17,31H,27H2,1-3H3,(H,29,32)/t9-,14-,15?,17?,20+/m1/s1. The second-order valence-electron chi connectivity index (χ2n) is 8.00. The lowest BCUT2D eigenvalue weighted by molar-refractivity contribution is -0.272. The molecule has 0 aromatic carbocycles. The molecule has 0 saturated carbocycles. The van der Waals surface area contributed by atoms with E-state index in [1.54, 1.807) is 0 Å². The normalized spacial score (nSPS) is 25.9. The molecule has 5 atom stereocenters. The molecular formula is C21H23F5N4O4. The number of nitrogens with two attached hydrogens (primary N) is 1. The Morgan fingerprint density at radius 1 is 1.26 bits per heavy atom. The van der Waals surface area contributed by atoms with Crippen molar-refractivity contribution in [1.82, 2.24) is 9.97 Å². The number of aromatic nitrogens is 2. The molecule has 0 aliphatic carbocycles. The van der Waals surface area contributed by atoms with Crippen LogP contribution in [-0.4, -0.2) is 46.0 Å². The van der Waals surface area contributed by atoms with Crippen molar-refractivity contribution in [2.24, 2.45) is 11.7 Å². The number of methoxy groups -OCH3 is 1. The van der Waals surface area contributed by atoms with Crippen molar-refractivity contribution in [3.05, 3.63) is 47.4 Å². The summed E-state index contributed by atoms with van der Waals surface area (Å²) in [5.41, 5.74) is 2.20. The lowest BCUT2D eigenvalue weighted by Crippen LogP contribution is -2.47. The summed E-state index contributed by atoms with van der Waals surface area (Å²) in [6.07, 6.45) is -9.63. The molecule has 2 unspecified atom stereocenters. The van der Waals surface area contributed by atoms with Crippen molar-refractivity contribution in [1.29, 1.82) is 0 Å². The Kier molecular flexibility index (Phi) is 7.10. The summed E-state index contributed by atoms with van der Waals surface area (Å²) in [6, 6.07) is 4.81. The minimum Gasteiger partial charge on any atom is -0.481 e. The molecule has 186 valence electrons. The van der Waals surface area contributed by atoms with Gasteiger partial charge in [-0.1, -0.05) is 13.0 Å². The first kappa shape index (κ1) is 25.7. The second-order valence-corrected chi connectivity index (χ2v) is 8.00. The number of nitrogens with one attached hydrogen (secondary N) is 1. The number of ether oxygens (including phenoxy) is 2. The molecular weight excluding hydrogens is 467 g/mol. The van der Waals surface area contributed by atoms with Gasteiger partial charge in [-0.15, -0.1) is 0 Å². The van der Waals surface area contributed by atoms with Gasteiger partial charge in [0.25, 0.3) is 12.3 Å². The van der Waals surface area contributed by atoms with E-state index in [1.165, 1.54) is 31.3 Å². The number of pyridine rings is 2. The first-order valence-corrected chi connectivity index (χ1v) is 10.1. The molecule has 0 bridgehead atoms. The van der Waals surface area contributed by atoms with Gasteiger partial charge < -0.3 is 25.6 Å². The van der Waals surface area contributed by atoms with Gasteiger partial charge in [0.1, 0.15) is 18.0 Å². The van der Waals surface area contributed by atoms with Crippen LogP contribution in [0.2, 0.25) is 0 Å². The second kappa shape index (κ2) is 9.39. The molecule has 2 aromatic rings. The molecule has 8 nitrogen and oxygen atoms in total. The average molecular weight is 490 g/mol. The zero-order valence-corrected chi connectivity index (χ0v) is 18.3. The van der Waals surface area contributed by atoms with Gasteiger partial charge in [-0.2, -0.15) is 13.2 Å². The molecule has 3 heterocycles. The van der Waals surface area contributed by atoms with Crippen LogP contribution < -0.4 is 15.8 Å². The van der Waals surface area contributed by atoms with Crippen LogP contribution in [0.15, 0.2) is 30.5 Å². The lowest BCUT2D eigenvalue weighted by Gasteiger charge is -2.31. The lowest BCUT2D eigenvalue weighted by atomic mass is 9.77. The number of aliphatic hydroxyl groups excluding tert-OH is 1. The number of nitrogens with zero attached hydrogens (tertiary/aromatic N) is 2. The highest BCUT2D eigenvalue weighted by Crippen LogP contribution is 2.54. The summed E-state index contributed by atoms with van der Waals surface area (Å²) >= 11 is 0. The molecule has 1 aliphatic heterocycles. The quantitative estimate of drug-likeness (QED) is 0.419. The number of halogens is 5. The first-order chi connectivity index (χ1) is 15.8. The van der Waals surface area contributed by atoms with E-state index in [4.69, 9.17) is 15.2 Å². The van der Waals surface area contributed by atoms with Crippen molar-refractivity contribution >= 4 is 11.6 Å². The van der Waals surface area contributed by atoms with Gasteiger partial charge in [-0.05, 0) is 25.1 Å². The Labute approximate surface area is 191 Å². The van der Waals surface area contributed by atoms with Crippen LogP contribution in [0.3, 0.4) is 0 Å². The predicted molar refractivity (Wildman–Crippen MR) is 109 cm³/mol. The molecule has 1 aliphatic rings. The molecule has 1 saturated heterocycles. The Morgan fingerprint density at radius 2 is 1.91 bits per heavy atom. The van der Waals surface area contributed by atoms with Gasteiger partial charge in [0.05, 0.1) is 24.7 Å². The van der Waals surface area contributed by atoms with Crippen LogP contribution in [-0.2, 0) is 9.53 Å². The van der Waals surface area contributed by atoms with Gasteiger partial charge in [-0.3, -0.25) is 9.78 Å². The van der Waals surface area contributed by atoms with Crippen molar-refractivity contribution in [2.75, 3.05) is 12.4 Å². The van der Waals surface area contributed by atoms with Crippen molar-refractivity contribution in [2.45, 2.75) is 50.3 Å². The highest BCUT2D eigenvalue weighted by molar-refractivity contribution is 5.95. The third-order valence-electron chi connectivity index (χ3n) is 5.97. The minimum absolute atomic E-state index is 0.0206. The summed E-state index contributed by atoms with van der Waals surface area (Å²) in [7, 11) is 1.14. The number of anilines is 1. The molecule has 1 fully saturated rings. The smallest absolute Gasteiger partial charge is 0.417 e. The molecule has 13 heteroatoms. The van der Waals surface area contributed by atoms with Gasteiger partial charge in [-0.25, -0.2) is 13.8 Å². The Bertz CT molecular complexity index is 1030. The summed E-state index contributed by atoms with van der Waals surface area (Å²) in [5.74, 6) is -3.80. The van der Waals surface area contributed by atoms with Gasteiger partial charge in [0, 0.05) is 17.4 Å². The topological polar surface area (TPSA) is 120 Å². The number of carbonyl (C=O) groups is 1. The minimum atomic E-state index is -4.84. The Hall–Kier alpha value is -2.90. The van der Waals surface area contributed by atoms with Crippen LogP contribution in [0, 0.1) is 5.92 Å². The molecule has 3 rings (SSSR count). The molecule has 1 amide bonds. The summed E-state index contributed by atoms with van der Waals surface area (Å²) in [6.45, 7) is 2.08. The fourth-order valence-corrected chi connectivity index (χ4v) is 3.90. The molecule has 0 spiro atoms. The summed E-state index contributed by atoms with van der Waals surface area (Å²) in [5, 5.41) is 11.8. The highest BCUT2D eigenvalue weighted by Gasteiger charge is 2.65. The maximum atomic E-state index is 14.0. The fraction of sp³-hybridized carbons (Fsp3) is 0.476. The van der Waals surface area contributed by atoms with E-state index in [-0.39, 0.29) is 22.8 Å². The predicted octanol–water partition coefficient (Wildman–Crippen LogP) is 3.45. The Balaban J connectivity index is 2.02. The number of hydrogen-bond acceptors (Lipinski definition) is 7. The van der Waals surface area contributed by atoms with E-state index < -0.39 is 54.0 Å². The molecule has 34 heavy (non-hydrogen) atoms. The highest BCUT2D eigenvalue weighted by atomic mass is 19.4. The van der Waals surface area contributed by atoms with E-state index in [9.17, 15) is 31.9 Å². The fourth-order valence-electron chi connectivity index (χ4n) is 3.90. The van der Waals surface area contributed by atoms with Gasteiger partial charge in [0.15, 0.2) is 5.60 Å². The third-order valence-corrected chi connectivity index (χ3v) is 5.97. The average Bonchev–Trinajstić information content (AvgIpc) is 3.05. The maximum Gasteiger partial charge on any atom is 0.417 e. The van der Waals surface area contributed by atoms with E-state index in [1.807, 2.05) is 0 Å². The number of alkyl halides is 5. The van der Waals surface area contributed by atoms with Crippen LogP contribution >= 0.6 is 0 Å². The monoisotopic (exact) mass is 490 g/mol. The largest absolute Gasteiger partial charge is 0.481 e. The van der Waals surface area contributed by atoms with Gasteiger partial charge >= 0.3 is 6.18 Å². The summed E-state index contributed by atoms with van der Waals surface area (Å²) < 4.78 is 78.5. The number of amides is 1. The molecule has 2 aromatic heterocycles. The number of rotatable bonds is 6.